The van der Waals surface area contributed by atoms with Crippen LogP contribution in [0.5, 0.6) is 0 Å². The summed E-state index contributed by atoms with van der Waals surface area (Å²) in [5, 5.41) is 15.8. The van der Waals surface area contributed by atoms with Gasteiger partial charge in [-0.05, 0) is 12.5 Å². The van der Waals surface area contributed by atoms with E-state index < -0.39 is 48.4 Å². The van der Waals surface area contributed by atoms with Gasteiger partial charge in [-0.15, -0.1) is 0 Å². The van der Waals surface area contributed by atoms with Gasteiger partial charge in [-0.2, -0.15) is 12.6 Å². The summed E-state index contributed by atoms with van der Waals surface area (Å²) in [6, 6.07) is 6.20. The van der Waals surface area contributed by atoms with Gasteiger partial charge in [-0.25, -0.2) is 0 Å². The summed E-state index contributed by atoms with van der Waals surface area (Å²) in [7, 11) is 0. The maximum atomic E-state index is 12.6. The van der Waals surface area contributed by atoms with Gasteiger partial charge in [0.15, 0.2) is 0 Å². The Balaban J connectivity index is 2.80. The minimum absolute atomic E-state index is 0.111. The van der Waals surface area contributed by atoms with Crippen molar-refractivity contribution in [3.8, 4) is 0 Å². The monoisotopic (exact) mass is 396 g/mol. The molecule has 3 atom stereocenters. The molecular weight excluding hydrogens is 372 g/mol. The van der Waals surface area contributed by atoms with Gasteiger partial charge in [0.2, 0.25) is 17.7 Å². The summed E-state index contributed by atoms with van der Waals surface area (Å²) >= 11 is 3.96. The lowest BCUT2D eigenvalue weighted by Crippen LogP contribution is -2.56. The lowest BCUT2D eigenvalue weighted by atomic mass is 10.0. The third-order valence-corrected chi connectivity index (χ3v) is 4.01. The van der Waals surface area contributed by atoms with Crippen LogP contribution in [0.2, 0.25) is 0 Å². The van der Waals surface area contributed by atoms with Crippen molar-refractivity contribution in [3.63, 3.8) is 0 Å². The van der Waals surface area contributed by atoms with Crippen LogP contribution in [-0.2, 0) is 25.6 Å². The van der Waals surface area contributed by atoms with Crippen LogP contribution in [0.1, 0.15) is 12.5 Å². The maximum Gasteiger partial charge on any atom is 0.322 e. The zero-order valence-corrected chi connectivity index (χ0v) is 15.7. The number of nitrogens with one attached hydrogen (secondary N) is 3. The molecule has 3 amide bonds. The van der Waals surface area contributed by atoms with E-state index in [4.69, 9.17) is 10.8 Å². The number of carbonyl (C=O) groups is 4. The fourth-order valence-electron chi connectivity index (χ4n) is 2.12. The minimum atomic E-state index is -1.20. The van der Waals surface area contributed by atoms with Crippen LogP contribution < -0.4 is 21.7 Å². The largest absolute Gasteiger partial charge is 0.480 e. The molecule has 1 rings (SSSR count). The molecule has 1 aromatic carbocycles. The molecule has 1 aromatic rings. The topological polar surface area (TPSA) is 151 Å². The number of amides is 3. The molecule has 6 N–H and O–H groups in total. The molecule has 0 saturated carbocycles. The van der Waals surface area contributed by atoms with Crippen LogP contribution in [0.3, 0.4) is 0 Å². The predicted molar refractivity (Wildman–Crippen MR) is 102 cm³/mol. The van der Waals surface area contributed by atoms with Crippen molar-refractivity contribution >= 4 is 36.3 Å². The Morgan fingerprint density at radius 1 is 1.07 bits per heavy atom. The first-order valence-electron chi connectivity index (χ1n) is 8.25. The van der Waals surface area contributed by atoms with E-state index in [0.717, 1.165) is 5.56 Å². The number of hydrogen-bond donors (Lipinski definition) is 6. The Morgan fingerprint density at radius 3 is 2.26 bits per heavy atom. The first-order chi connectivity index (χ1) is 12.7. The third kappa shape index (κ3) is 8.09. The molecular formula is C17H24N4O5S. The van der Waals surface area contributed by atoms with Crippen molar-refractivity contribution in [1.29, 1.82) is 0 Å². The summed E-state index contributed by atoms with van der Waals surface area (Å²) in [6.07, 6.45) is 0.196. The number of benzene rings is 1. The van der Waals surface area contributed by atoms with Crippen molar-refractivity contribution in [2.45, 2.75) is 31.5 Å². The molecule has 27 heavy (non-hydrogen) atoms. The van der Waals surface area contributed by atoms with E-state index in [0.29, 0.717) is 0 Å². The standard InChI is InChI=1S/C17H24N4O5S/c1-10(15(24)19-8-14(22)23)20-17(26)13(21-16(25)12(18)9-27)7-11-5-3-2-4-6-11/h2-6,10,12-13,27H,7-9,18H2,1H3,(H,19,24)(H,20,26)(H,21,25)(H,22,23). The average molecular weight is 396 g/mol. The highest BCUT2D eigenvalue weighted by molar-refractivity contribution is 7.80. The normalized spacial score (nSPS) is 13.7. The summed E-state index contributed by atoms with van der Waals surface area (Å²) in [4.78, 5) is 47.0. The summed E-state index contributed by atoms with van der Waals surface area (Å²) in [6.45, 7) is 0.857. The molecule has 0 aliphatic carbocycles. The second-order valence-electron chi connectivity index (χ2n) is 5.88. The lowest BCUT2D eigenvalue weighted by molar-refractivity contribution is -0.138. The Bertz CT molecular complexity index is 671. The smallest absolute Gasteiger partial charge is 0.322 e. The molecule has 0 bridgehead atoms. The summed E-state index contributed by atoms with van der Waals surface area (Å²) in [5.74, 6) is -2.86. The Labute approximate surface area is 162 Å². The number of carboxylic acid groups (broad SMARTS) is 1. The molecule has 0 radical (unpaired) electrons. The van der Waals surface area contributed by atoms with E-state index in [9.17, 15) is 19.2 Å². The number of hydrogen-bond acceptors (Lipinski definition) is 6. The zero-order chi connectivity index (χ0) is 20.4. The van der Waals surface area contributed by atoms with Gasteiger partial charge in [0.25, 0.3) is 0 Å². The highest BCUT2D eigenvalue weighted by atomic mass is 32.1. The molecule has 10 heteroatoms. The number of carboxylic acids is 1. The number of aliphatic carboxylic acids is 1. The summed E-state index contributed by atoms with van der Waals surface area (Å²) in [5.41, 5.74) is 6.44. The number of nitrogens with two attached hydrogens (primary N) is 1. The van der Waals surface area contributed by atoms with Gasteiger partial charge in [0.05, 0.1) is 6.04 Å². The van der Waals surface area contributed by atoms with Crippen LogP contribution in [0.15, 0.2) is 30.3 Å². The van der Waals surface area contributed by atoms with Gasteiger partial charge in [-0.1, -0.05) is 30.3 Å². The predicted octanol–water partition coefficient (Wildman–Crippen LogP) is -1.32. The fourth-order valence-corrected chi connectivity index (χ4v) is 2.28. The molecule has 148 valence electrons. The molecule has 3 unspecified atom stereocenters. The third-order valence-electron chi connectivity index (χ3n) is 3.61. The fraction of sp³-hybridized carbons (Fsp3) is 0.412. The molecule has 9 nitrogen and oxygen atoms in total. The lowest BCUT2D eigenvalue weighted by Gasteiger charge is -2.22. The van der Waals surface area contributed by atoms with Crippen LogP contribution in [0.4, 0.5) is 0 Å². The summed E-state index contributed by atoms with van der Waals surface area (Å²) < 4.78 is 0. The first kappa shape index (κ1) is 22.5. The van der Waals surface area contributed by atoms with Gasteiger partial charge < -0.3 is 26.8 Å². The number of carbonyl (C=O) groups excluding carboxylic acids is 3. The van der Waals surface area contributed by atoms with E-state index in [2.05, 4.69) is 28.6 Å². The molecule has 0 saturated heterocycles. The molecule has 0 aliphatic heterocycles. The second kappa shape index (κ2) is 11.2. The van der Waals surface area contributed by atoms with E-state index in [1.807, 2.05) is 6.07 Å². The van der Waals surface area contributed by atoms with Crippen molar-refractivity contribution in [1.82, 2.24) is 16.0 Å². The quantitative estimate of drug-likeness (QED) is 0.270. The molecule has 0 aliphatic rings. The van der Waals surface area contributed by atoms with Gasteiger partial charge in [-0.3, -0.25) is 19.2 Å². The van der Waals surface area contributed by atoms with Gasteiger partial charge in [0.1, 0.15) is 18.6 Å². The van der Waals surface area contributed by atoms with Crippen molar-refractivity contribution in [2.75, 3.05) is 12.3 Å². The number of rotatable bonds is 10. The van der Waals surface area contributed by atoms with Crippen LogP contribution in [0, 0.1) is 0 Å². The van der Waals surface area contributed by atoms with Gasteiger partial charge >= 0.3 is 5.97 Å². The van der Waals surface area contributed by atoms with E-state index >= 15 is 0 Å². The van der Waals surface area contributed by atoms with Crippen LogP contribution in [0.25, 0.3) is 0 Å². The molecule has 0 spiro atoms. The van der Waals surface area contributed by atoms with E-state index in [1.54, 1.807) is 24.3 Å². The van der Waals surface area contributed by atoms with E-state index in [-0.39, 0.29) is 12.2 Å². The van der Waals surface area contributed by atoms with Crippen molar-refractivity contribution < 1.29 is 24.3 Å². The maximum absolute atomic E-state index is 12.6. The zero-order valence-electron chi connectivity index (χ0n) is 14.8. The SMILES string of the molecule is CC(NC(=O)C(Cc1ccccc1)NC(=O)C(N)CS)C(=O)NCC(=O)O. The second-order valence-corrected chi connectivity index (χ2v) is 6.25. The van der Waals surface area contributed by atoms with Crippen molar-refractivity contribution in [3.05, 3.63) is 35.9 Å². The van der Waals surface area contributed by atoms with Crippen LogP contribution in [-0.4, -0.2) is 59.2 Å². The highest BCUT2D eigenvalue weighted by Gasteiger charge is 2.26. The first-order valence-corrected chi connectivity index (χ1v) is 8.88. The molecule has 0 fully saturated rings. The highest BCUT2D eigenvalue weighted by Crippen LogP contribution is 2.04. The van der Waals surface area contributed by atoms with Crippen molar-refractivity contribution in [2.24, 2.45) is 5.73 Å². The molecule has 0 aromatic heterocycles. The molecule has 0 heterocycles. The van der Waals surface area contributed by atoms with Gasteiger partial charge in [0, 0.05) is 12.2 Å². The van der Waals surface area contributed by atoms with Crippen LogP contribution >= 0.6 is 12.6 Å². The Morgan fingerprint density at radius 2 is 1.70 bits per heavy atom. The number of thiol groups is 1. The van der Waals surface area contributed by atoms with E-state index in [1.165, 1.54) is 6.92 Å². The average Bonchev–Trinajstić information content (AvgIpc) is 2.65. The Kier molecular flexibility index (Phi) is 9.31. The Hall–Kier alpha value is -2.59. The minimum Gasteiger partial charge on any atom is -0.480 e.